The van der Waals surface area contributed by atoms with Crippen LogP contribution >= 0.6 is 0 Å². The lowest BCUT2D eigenvalue weighted by molar-refractivity contribution is -0.129. The smallest absolute Gasteiger partial charge is 0.293 e. The van der Waals surface area contributed by atoms with Crippen molar-refractivity contribution in [2.45, 2.75) is 51.9 Å². The molecule has 6 nitrogen and oxygen atoms in total. The van der Waals surface area contributed by atoms with E-state index in [0.717, 1.165) is 67.9 Å². The third-order valence-electron chi connectivity index (χ3n) is 8.07. The second kappa shape index (κ2) is 12.2. The maximum Gasteiger partial charge on any atom is 0.293 e. The molecule has 0 amide bonds. The minimum absolute atomic E-state index is 0.138. The van der Waals surface area contributed by atoms with Gasteiger partial charge in [0, 0.05) is 48.1 Å². The Balaban J connectivity index is 1.44. The van der Waals surface area contributed by atoms with E-state index < -0.39 is 6.04 Å². The Morgan fingerprint density at radius 3 is 2.64 bits per heavy atom. The summed E-state index contributed by atoms with van der Waals surface area (Å²) in [5.41, 5.74) is 10.9. The van der Waals surface area contributed by atoms with Crippen LogP contribution in [0.15, 0.2) is 60.7 Å². The van der Waals surface area contributed by atoms with E-state index in [0.29, 0.717) is 30.0 Å². The van der Waals surface area contributed by atoms with Gasteiger partial charge in [0.15, 0.2) is 0 Å². The van der Waals surface area contributed by atoms with Crippen LogP contribution in [0.5, 0.6) is 5.75 Å². The number of halogens is 1. The lowest BCUT2D eigenvalue weighted by Crippen LogP contribution is -2.44. The number of ether oxygens (including phenoxy) is 3. The molecule has 2 aliphatic rings. The van der Waals surface area contributed by atoms with Gasteiger partial charge < -0.3 is 24.8 Å². The van der Waals surface area contributed by atoms with Crippen molar-refractivity contribution in [3.8, 4) is 16.9 Å². The molecule has 206 valence electrons. The Hall–Kier alpha value is -3.42. The molecule has 0 radical (unpaired) electrons. The fraction of sp³-hybridized carbons (Fsp3) is 0.406. The normalized spacial score (nSPS) is 17.6. The number of rotatable bonds is 9. The van der Waals surface area contributed by atoms with E-state index in [4.69, 9.17) is 19.9 Å². The minimum atomic E-state index is -0.406. The molecule has 39 heavy (non-hydrogen) atoms. The number of hydrogen-bond acceptors (Lipinski definition) is 6. The van der Waals surface area contributed by atoms with E-state index in [9.17, 15) is 4.79 Å². The highest BCUT2D eigenvalue weighted by atomic mass is 19.1. The highest BCUT2D eigenvalue weighted by Crippen LogP contribution is 2.41. The second-order valence-electron chi connectivity index (χ2n) is 10.8. The molecule has 3 aromatic carbocycles. The second-order valence-corrected chi connectivity index (χ2v) is 10.8. The van der Waals surface area contributed by atoms with Gasteiger partial charge in [-0.15, -0.1) is 0 Å². The van der Waals surface area contributed by atoms with E-state index in [1.807, 2.05) is 42.5 Å². The summed E-state index contributed by atoms with van der Waals surface area (Å²) >= 11 is 0. The van der Waals surface area contributed by atoms with E-state index in [-0.39, 0.29) is 17.8 Å². The van der Waals surface area contributed by atoms with E-state index in [2.05, 4.69) is 17.0 Å². The van der Waals surface area contributed by atoms with Gasteiger partial charge in [-0.1, -0.05) is 36.4 Å². The summed E-state index contributed by atoms with van der Waals surface area (Å²) in [6.45, 7) is 6.24. The van der Waals surface area contributed by atoms with Crippen LogP contribution in [0, 0.1) is 11.2 Å². The first-order chi connectivity index (χ1) is 19.0. The Morgan fingerprint density at radius 2 is 1.90 bits per heavy atom. The van der Waals surface area contributed by atoms with Crippen molar-refractivity contribution in [1.82, 2.24) is 0 Å². The van der Waals surface area contributed by atoms with Gasteiger partial charge in [-0.05, 0) is 73.4 Å². The van der Waals surface area contributed by atoms with Gasteiger partial charge in [0.05, 0.1) is 6.61 Å². The molecule has 5 rings (SSSR count). The maximum atomic E-state index is 15.6. The molecule has 2 heterocycles. The predicted octanol–water partition coefficient (Wildman–Crippen LogP) is 6.16. The Kier molecular flexibility index (Phi) is 8.48. The predicted molar refractivity (Wildman–Crippen MR) is 150 cm³/mol. The number of anilines is 1. The summed E-state index contributed by atoms with van der Waals surface area (Å²) in [6.07, 6.45) is 4.53. The van der Waals surface area contributed by atoms with Crippen molar-refractivity contribution in [2.24, 2.45) is 11.1 Å². The van der Waals surface area contributed by atoms with Crippen molar-refractivity contribution < 1.29 is 23.4 Å². The third kappa shape index (κ3) is 6.26. The molecule has 1 spiro atoms. The molecule has 0 aromatic heterocycles. The molecule has 0 aliphatic carbocycles. The van der Waals surface area contributed by atoms with E-state index >= 15 is 4.39 Å². The highest BCUT2D eigenvalue weighted by molar-refractivity contribution is 5.71. The van der Waals surface area contributed by atoms with Crippen molar-refractivity contribution in [3.63, 3.8) is 0 Å². The van der Waals surface area contributed by atoms with Gasteiger partial charge in [-0.3, -0.25) is 4.79 Å². The van der Waals surface area contributed by atoms with Gasteiger partial charge >= 0.3 is 0 Å². The minimum Gasteiger partial charge on any atom is -0.488 e. The van der Waals surface area contributed by atoms with Crippen LogP contribution in [-0.4, -0.2) is 32.8 Å². The molecule has 2 fully saturated rings. The van der Waals surface area contributed by atoms with Crippen molar-refractivity contribution in [1.29, 1.82) is 0 Å². The summed E-state index contributed by atoms with van der Waals surface area (Å²) in [5, 5.41) is 0. The monoisotopic (exact) mass is 532 g/mol. The molecule has 0 unspecified atom stereocenters. The Bertz CT molecular complexity index is 1280. The SMILES string of the molecule is C[C@@H](N)c1cccc(-c2cc(COc3ccccc3COC=O)cc(N3CCC4(CCCOC4)CC3)c2)c1F. The zero-order valence-electron chi connectivity index (χ0n) is 22.5. The Morgan fingerprint density at radius 1 is 1.08 bits per heavy atom. The maximum absolute atomic E-state index is 15.6. The molecule has 0 saturated carbocycles. The van der Waals surface area contributed by atoms with Crippen LogP contribution in [0.2, 0.25) is 0 Å². The molecule has 7 heteroatoms. The van der Waals surface area contributed by atoms with Gasteiger partial charge in [0.1, 0.15) is 24.8 Å². The van der Waals surface area contributed by atoms with E-state index in [1.54, 1.807) is 13.0 Å². The van der Waals surface area contributed by atoms with Gasteiger partial charge in [0.25, 0.3) is 6.47 Å². The summed E-state index contributed by atoms with van der Waals surface area (Å²) in [6, 6.07) is 18.7. The number of nitrogens with two attached hydrogens (primary N) is 1. The first-order valence-electron chi connectivity index (χ1n) is 13.7. The number of hydrogen-bond donors (Lipinski definition) is 1. The standard InChI is InChI=1S/C32H37FN2O4/c1-23(34)28-7-4-8-29(31(28)33)26-16-24(19-39-30-9-3-2-6-25(30)20-38-22-36)17-27(18-26)35-13-11-32(12-14-35)10-5-15-37-21-32/h2-4,6-9,16-18,22-23H,5,10-15,19-21,34H2,1H3/t23-/m1/s1. The van der Waals surface area contributed by atoms with Gasteiger partial charge in [-0.25, -0.2) is 4.39 Å². The topological polar surface area (TPSA) is 74.0 Å². The number of piperidine rings is 1. The largest absolute Gasteiger partial charge is 0.488 e. The number of carbonyl (C=O) groups excluding carboxylic acids is 1. The molecule has 2 N–H and O–H groups in total. The number of carbonyl (C=O) groups is 1. The number of benzene rings is 3. The molecular formula is C32H37FN2O4. The van der Waals surface area contributed by atoms with Crippen LogP contribution in [0.4, 0.5) is 10.1 Å². The van der Waals surface area contributed by atoms with Crippen molar-refractivity contribution in [2.75, 3.05) is 31.2 Å². The molecule has 2 saturated heterocycles. The molecule has 3 aromatic rings. The van der Waals surface area contributed by atoms with Crippen LogP contribution in [0.3, 0.4) is 0 Å². The molecule has 0 bridgehead atoms. The summed E-state index contributed by atoms with van der Waals surface area (Å²) in [4.78, 5) is 13.1. The van der Waals surface area contributed by atoms with Crippen LogP contribution in [0.25, 0.3) is 11.1 Å². The van der Waals surface area contributed by atoms with Crippen molar-refractivity contribution >= 4 is 12.2 Å². The summed E-state index contributed by atoms with van der Waals surface area (Å²) in [5.74, 6) is 0.360. The first-order valence-corrected chi connectivity index (χ1v) is 13.7. The number of nitrogens with zero attached hydrogens (tertiary/aromatic N) is 1. The fourth-order valence-corrected chi connectivity index (χ4v) is 5.81. The fourth-order valence-electron chi connectivity index (χ4n) is 5.81. The number of para-hydroxylation sites is 1. The first kappa shape index (κ1) is 27.2. The lowest BCUT2D eigenvalue weighted by Gasteiger charge is -2.44. The average molecular weight is 533 g/mol. The van der Waals surface area contributed by atoms with Crippen LogP contribution in [0.1, 0.15) is 55.3 Å². The van der Waals surface area contributed by atoms with Crippen LogP contribution < -0.4 is 15.4 Å². The summed E-state index contributed by atoms with van der Waals surface area (Å²) in [7, 11) is 0. The highest BCUT2D eigenvalue weighted by Gasteiger charge is 2.36. The summed E-state index contributed by atoms with van der Waals surface area (Å²) < 4.78 is 32.6. The molecule has 1 atom stereocenters. The van der Waals surface area contributed by atoms with Gasteiger partial charge in [-0.2, -0.15) is 0 Å². The molecule has 2 aliphatic heterocycles. The quantitative estimate of drug-likeness (QED) is 0.333. The van der Waals surface area contributed by atoms with Crippen molar-refractivity contribution in [3.05, 3.63) is 83.2 Å². The average Bonchev–Trinajstić information content (AvgIpc) is 2.96. The zero-order valence-corrected chi connectivity index (χ0v) is 22.5. The van der Waals surface area contributed by atoms with Crippen LogP contribution in [-0.2, 0) is 27.5 Å². The third-order valence-corrected chi connectivity index (χ3v) is 8.07. The molecular weight excluding hydrogens is 495 g/mol. The Labute approximate surface area is 229 Å². The van der Waals surface area contributed by atoms with Gasteiger partial charge in [0.2, 0.25) is 0 Å². The zero-order chi connectivity index (χ0) is 27.2. The van der Waals surface area contributed by atoms with E-state index in [1.165, 1.54) is 6.42 Å². The lowest BCUT2D eigenvalue weighted by atomic mass is 9.74.